The minimum absolute atomic E-state index is 0.00180. The molecule has 8 heteroatoms. The lowest BCUT2D eigenvalue weighted by atomic mass is 10.1. The Morgan fingerprint density at radius 2 is 1.95 bits per heavy atom. The molecule has 0 fully saturated rings. The first-order valence-corrected chi connectivity index (χ1v) is 7.79. The highest BCUT2D eigenvalue weighted by atomic mass is 35.5. The van der Waals surface area contributed by atoms with Gasteiger partial charge in [0.15, 0.2) is 0 Å². The fourth-order valence-corrected chi connectivity index (χ4v) is 2.61. The third-order valence-corrected chi connectivity index (χ3v) is 4.25. The van der Waals surface area contributed by atoms with Gasteiger partial charge in [0.25, 0.3) is 0 Å². The molecule has 0 saturated heterocycles. The second-order valence-corrected chi connectivity index (χ2v) is 6.08. The number of aryl methyl sites for hydroxylation is 1. The van der Waals surface area contributed by atoms with Crippen molar-refractivity contribution in [2.75, 3.05) is 0 Å². The van der Waals surface area contributed by atoms with Crippen molar-refractivity contribution in [3.05, 3.63) is 47.3 Å². The van der Waals surface area contributed by atoms with Crippen molar-refractivity contribution in [3.63, 3.8) is 0 Å². The van der Waals surface area contributed by atoms with E-state index in [2.05, 4.69) is 19.7 Å². The van der Waals surface area contributed by atoms with Gasteiger partial charge in [-0.3, -0.25) is 4.98 Å². The van der Waals surface area contributed by atoms with Crippen LogP contribution >= 0.6 is 11.6 Å². The molecule has 0 aromatic carbocycles. The van der Waals surface area contributed by atoms with Crippen molar-refractivity contribution >= 4 is 21.6 Å². The van der Waals surface area contributed by atoms with E-state index in [0.717, 1.165) is 24.4 Å². The average molecular weight is 313 g/mol. The number of aromatic nitrogens is 3. The predicted molar refractivity (Wildman–Crippen MR) is 74.7 cm³/mol. The van der Waals surface area contributed by atoms with Crippen molar-refractivity contribution in [2.45, 2.75) is 24.8 Å². The third-order valence-electron chi connectivity index (χ3n) is 2.70. The van der Waals surface area contributed by atoms with Gasteiger partial charge in [-0.2, -0.15) is 0 Å². The Hall–Kier alpha value is -1.57. The molecule has 1 N–H and O–H groups in total. The Balaban J connectivity index is 2.15. The molecule has 0 radical (unpaired) electrons. The maximum Gasteiger partial charge on any atom is 0.243 e. The lowest BCUT2D eigenvalue weighted by Crippen LogP contribution is -2.24. The summed E-state index contributed by atoms with van der Waals surface area (Å²) in [5.41, 5.74) is 1.70. The number of rotatable bonds is 5. The molecule has 0 saturated carbocycles. The Bertz CT molecular complexity index is 689. The summed E-state index contributed by atoms with van der Waals surface area (Å²) in [6.45, 7) is 2.11. The maximum atomic E-state index is 12.1. The Labute approximate surface area is 122 Å². The molecule has 0 atom stereocenters. The second kappa shape index (κ2) is 6.25. The summed E-state index contributed by atoms with van der Waals surface area (Å²) in [5, 5.41) is 0.00180. The number of pyridine rings is 1. The highest BCUT2D eigenvalue weighted by Gasteiger charge is 2.15. The molecule has 0 bridgehead atoms. The SMILES string of the molecule is CCc1cccnc1CNS(=O)(=O)c1cnc(Cl)nc1. The lowest BCUT2D eigenvalue weighted by Gasteiger charge is -2.08. The van der Waals surface area contributed by atoms with Gasteiger partial charge in [-0.05, 0) is 29.7 Å². The van der Waals surface area contributed by atoms with Crippen LogP contribution in [0.5, 0.6) is 0 Å². The summed E-state index contributed by atoms with van der Waals surface area (Å²) >= 11 is 5.53. The molecule has 2 heterocycles. The second-order valence-electron chi connectivity index (χ2n) is 3.98. The van der Waals surface area contributed by atoms with Gasteiger partial charge in [-0.25, -0.2) is 23.1 Å². The number of hydrogen-bond donors (Lipinski definition) is 1. The number of nitrogens with one attached hydrogen (secondary N) is 1. The molecule has 2 aromatic heterocycles. The third kappa shape index (κ3) is 3.50. The average Bonchev–Trinajstić information content (AvgIpc) is 2.46. The van der Waals surface area contributed by atoms with Crippen molar-refractivity contribution in [1.29, 1.82) is 0 Å². The van der Waals surface area contributed by atoms with Crippen LogP contribution < -0.4 is 4.72 Å². The van der Waals surface area contributed by atoms with Gasteiger partial charge in [0.2, 0.25) is 15.3 Å². The molecule has 2 rings (SSSR count). The molecular weight excluding hydrogens is 300 g/mol. The molecule has 106 valence electrons. The zero-order chi connectivity index (χ0) is 14.6. The van der Waals surface area contributed by atoms with Crippen LogP contribution in [0.15, 0.2) is 35.6 Å². The van der Waals surface area contributed by atoms with E-state index in [0.29, 0.717) is 5.69 Å². The predicted octanol–water partition coefficient (Wildman–Crippen LogP) is 1.57. The summed E-state index contributed by atoms with van der Waals surface area (Å²) in [6.07, 6.45) is 4.75. The zero-order valence-electron chi connectivity index (χ0n) is 10.7. The number of halogens is 1. The van der Waals surface area contributed by atoms with E-state index in [1.54, 1.807) is 6.20 Å². The van der Waals surface area contributed by atoms with Crippen LogP contribution in [0.2, 0.25) is 5.28 Å². The summed E-state index contributed by atoms with van der Waals surface area (Å²) in [4.78, 5) is 11.5. The number of sulfonamides is 1. The number of nitrogens with zero attached hydrogens (tertiary/aromatic N) is 3. The molecule has 0 unspecified atom stereocenters. The van der Waals surface area contributed by atoms with Gasteiger partial charge in [0.1, 0.15) is 4.90 Å². The first kappa shape index (κ1) is 14.8. The lowest BCUT2D eigenvalue weighted by molar-refractivity contribution is 0.579. The van der Waals surface area contributed by atoms with E-state index in [4.69, 9.17) is 11.6 Å². The van der Waals surface area contributed by atoms with Crippen molar-refractivity contribution in [3.8, 4) is 0 Å². The van der Waals surface area contributed by atoms with Gasteiger partial charge in [-0.1, -0.05) is 13.0 Å². The molecular formula is C12H13ClN4O2S. The maximum absolute atomic E-state index is 12.1. The molecule has 0 aliphatic rings. The van der Waals surface area contributed by atoms with E-state index >= 15 is 0 Å². The van der Waals surface area contributed by atoms with Crippen LogP contribution in [0.1, 0.15) is 18.2 Å². The van der Waals surface area contributed by atoms with Crippen LogP contribution in [0.25, 0.3) is 0 Å². The molecule has 20 heavy (non-hydrogen) atoms. The fraction of sp³-hybridized carbons (Fsp3) is 0.250. The largest absolute Gasteiger partial charge is 0.260 e. The van der Waals surface area contributed by atoms with Crippen molar-refractivity contribution in [2.24, 2.45) is 0 Å². The van der Waals surface area contributed by atoms with Gasteiger partial charge in [0, 0.05) is 6.20 Å². The van der Waals surface area contributed by atoms with Gasteiger partial charge in [-0.15, -0.1) is 0 Å². The van der Waals surface area contributed by atoms with E-state index in [1.807, 2.05) is 19.1 Å². The Morgan fingerprint density at radius 3 is 2.60 bits per heavy atom. The minimum atomic E-state index is -3.67. The Kier molecular flexibility index (Phi) is 4.64. The smallest absolute Gasteiger partial charge is 0.243 e. The van der Waals surface area contributed by atoms with Crippen LogP contribution in [0.4, 0.5) is 0 Å². The monoisotopic (exact) mass is 312 g/mol. The molecule has 0 aliphatic carbocycles. The topological polar surface area (TPSA) is 84.8 Å². The van der Waals surface area contributed by atoms with Crippen molar-refractivity contribution < 1.29 is 8.42 Å². The van der Waals surface area contributed by atoms with E-state index < -0.39 is 10.0 Å². The Morgan fingerprint density at radius 1 is 1.25 bits per heavy atom. The highest BCUT2D eigenvalue weighted by molar-refractivity contribution is 7.89. The van der Waals surface area contributed by atoms with Crippen LogP contribution in [-0.4, -0.2) is 23.4 Å². The van der Waals surface area contributed by atoms with Crippen LogP contribution in [0.3, 0.4) is 0 Å². The van der Waals surface area contributed by atoms with Crippen molar-refractivity contribution in [1.82, 2.24) is 19.7 Å². The summed E-state index contributed by atoms with van der Waals surface area (Å²) in [7, 11) is -3.67. The molecule has 2 aromatic rings. The van der Waals surface area contributed by atoms with Crippen LogP contribution in [-0.2, 0) is 23.0 Å². The summed E-state index contributed by atoms with van der Waals surface area (Å²) in [6, 6.07) is 3.74. The van der Waals surface area contributed by atoms with E-state index in [1.165, 1.54) is 0 Å². The molecule has 0 spiro atoms. The molecule has 6 nitrogen and oxygen atoms in total. The quantitative estimate of drug-likeness (QED) is 0.847. The van der Waals surface area contributed by atoms with Gasteiger partial charge >= 0.3 is 0 Å². The summed E-state index contributed by atoms with van der Waals surface area (Å²) < 4.78 is 26.6. The first-order valence-electron chi connectivity index (χ1n) is 5.93. The zero-order valence-corrected chi connectivity index (χ0v) is 12.3. The van der Waals surface area contributed by atoms with E-state index in [-0.39, 0.29) is 16.7 Å². The minimum Gasteiger partial charge on any atom is -0.260 e. The normalized spacial score (nSPS) is 11.5. The molecule has 0 amide bonds. The van der Waals surface area contributed by atoms with Crippen LogP contribution in [0, 0.1) is 0 Å². The fourth-order valence-electron chi connectivity index (χ4n) is 1.64. The molecule has 0 aliphatic heterocycles. The van der Waals surface area contributed by atoms with E-state index in [9.17, 15) is 8.42 Å². The number of hydrogen-bond acceptors (Lipinski definition) is 5. The van der Waals surface area contributed by atoms with Gasteiger partial charge in [0.05, 0.1) is 24.6 Å². The summed E-state index contributed by atoms with van der Waals surface area (Å²) in [5.74, 6) is 0. The van der Waals surface area contributed by atoms with Gasteiger partial charge < -0.3 is 0 Å². The highest BCUT2D eigenvalue weighted by Crippen LogP contribution is 2.10. The first-order chi connectivity index (χ1) is 9.53. The standard InChI is InChI=1S/C12H13ClN4O2S/c1-2-9-4-3-5-14-11(9)8-17-20(18,19)10-6-15-12(13)16-7-10/h3-7,17H,2,8H2,1H3.